The Morgan fingerprint density at radius 2 is 1.26 bits per heavy atom. The molecule has 0 aromatic heterocycles. The molecule has 0 saturated heterocycles. The van der Waals surface area contributed by atoms with Crippen LogP contribution in [-0.4, -0.2) is 11.6 Å². The third-order valence-corrected chi connectivity index (χ3v) is 7.06. The SMILES string of the molecule is CCC1C(CCC(=O)CCc2ccc(C(C)C)cc2)=CC=C1CCC(=O)Cc1ccc(C)cc1. The summed E-state index contributed by atoms with van der Waals surface area (Å²) in [4.78, 5) is 25.0. The smallest absolute Gasteiger partial charge is 0.137 e. The third kappa shape index (κ3) is 7.65. The lowest BCUT2D eigenvalue weighted by Gasteiger charge is -2.18. The number of carbonyl (C=O) groups excluding carboxylic acids is 2. The lowest BCUT2D eigenvalue weighted by Crippen LogP contribution is -2.09. The van der Waals surface area contributed by atoms with Crippen LogP contribution >= 0.6 is 0 Å². The van der Waals surface area contributed by atoms with Gasteiger partial charge in [0.15, 0.2) is 0 Å². The van der Waals surface area contributed by atoms with Crippen LogP contribution in [0.4, 0.5) is 0 Å². The standard InChI is InChI=1S/C32H40O2/c1-5-32-28(17-20-30(33)19-12-25-10-13-27(14-11-25)23(2)3)15-16-29(32)18-21-31(34)22-26-8-6-24(4)7-9-26/h6-11,13-16,23,32H,5,12,17-22H2,1-4H3. The van der Waals surface area contributed by atoms with Crippen molar-refractivity contribution in [2.24, 2.45) is 5.92 Å². The minimum atomic E-state index is 0.296. The van der Waals surface area contributed by atoms with Crippen molar-refractivity contribution < 1.29 is 9.59 Å². The Hall–Kier alpha value is -2.74. The average Bonchev–Trinajstić information content (AvgIpc) is 3.23. The zero-order chi connectivity index (χ0) is 24.5. The van der Waals surface area contributed by atoms with Crippen molar-refractivity contribution in [1.29, 1.82) is 0 Å². The van der Waals surface area contributed by atoms with E-state index in [0.29, 0.717) is 49.1 Å². The maximum atomic E-state index is 12.5. The zero-order valence-corrected chi connectivity index (χ0v) is 21.4. The second kappa shape index (κ2) is 12.6. The van der Waals surface area contributed by atoms with Gasteiger partial charge < -0.3 is 0 Å². The first-order chi connectivity index (χ1) is 16.4. The Bertz CT molecular complexity index is 1020. The summed E-state index contributed by atoms with van der Waals surface area (Å²) in [5.41, 5.74) is 7.61. The highest BCUT2D eigenvalue weighted by atomic mass is 16.1. The maximum absolute atomic E-state index is 12.5. The molecule has 2 heteroatoms. The molecule has 0 amide bonds. The number of benzene rings is 2. The number of rotatable bonds is 13. The molecule has 2 nitrogen and oxygen atoms in total. The molecule has 3 rings (SSSR count). The predicted molar refractivity (Wildman–Crippen MR) is 142 cm³/mol. The van der Waals surface area contributed by atoms with Crippen molar-refractivity contribution in [3.05, 3.63) is 94.1 Å². The van der Waals surface area contributed by atoms with Gasteiger partial charge in [0.2, 0.25) is 0 Å². The van der Waals surface area contributed by atoms with Gasteiger partial charge in [-0.1, -0.05) is 98.2 Å². The molecule has 180 valence electrons. The number of carbonyl (C=O) groups is 2. The van der Waals surface area contributed by atoms with Crippen LogP contribution in [0, 0.1) is 12.8 Å². The van der Waals surface area contributed by atoms with Crippen LogP contribution < -0.4 is 0 Å². The molecule has 0 radical (unpaired) electrons. The molecule has 0 spiro atoms. The number of allylic oxidation sites excluding steroid dienone is 4. The molecule has 1 aliphatic carbocycles. The molecule has 1 aliphatic rings. The first-order valence-corrected chi connectivity index (χ1v) is 12.9. The molecule has 0 N–H and O–H groups in total. The highest BCUT2D eigenvalue weighted by Gasteiger charge is 2.22. The monoisotopic (exact) mass is 456 g/mol. The van der Waals surface area contributed by atoms with Crippen molar-refractivity contribution in [2.45, 2.75) is 85.0 Å². The van der Waals surface area contributed by atoms with Gasteiger partial charge in [0.25, 0.3) is 0 Å². The van der Waals surface area contributed by atoms with Crippen LogP contribution in [0.25, 0.3) is 0 Å². The Balaban J connectivity index is 1.39. The lowest BCUT2D eigenvalue weighted by atomic mass is 9.87. The summed E-state index contributed by atoms with van der Waals surface area (Å²) in [6.45, 7) is 8.66. The Kier molecular flexibility index (Phi) is 9.62. The number of ketones is 2. The maximum Gasteiger partial charge on any atom is 0.137 e. The highest BCUT2D eigenvalue weighted by Crippen LogP contribution is 2.35. The average molecular weight is 457 g/mol. The number of Topliss-reactive ketones (excluding diaryl/α,β-unsaturated/α-hetero) is 2. The van der Waals surface area contributed by atoms with E-state index in [1.165, 1.54) is 27.8 Å². The first-order valence-electron chi connectivity index (χ1n) is 12.9. The van der Waals surface area contributed by atoms with Crippen LogP contribution in [0.1, 0.15) is 87.5 Å². The van der Waals surface area contributed by atoms with Crippen molar-refractivity contribution in [1.82, 2.24) is 0 Å². The van der Waals surface area contributed by atoms with Gasteiger partial charge in [-0.2, -0.15) is 0 Å². The fourth-order valence-electron chi connectivity index (χ4n) is 4.79. The summed E-state index contributed by atoms with van der Waals surface area (Å²) in [6.07, 6.45) is 10.2. The van der Waals surface area contributed by atoms with Crippen LogP contribution in [0.2, 0.25) is 0 Å². The van der Waals surface area contributed by atoms with E-state index in [1.807, 2.05) is 12.1 Å². The second-order valence-electron chi connectivity index (χ2n) is 10.1. The largest absolute Gasteiger partial charge is 0.300 e. The van der Waals surface area contributed by atoms with Gasteiger partial charge in [-0.3, -0.25) is 9.59 Å². The van der Waals surface area contributed by atoms with E-state index in [4.69, 9.17) is 0 Å². The van der Waals surface area contributed by atoms with Crippen molar-refractivity contribution >= 4 is 11.6 Å². The lowest BCUT2D eigenvalue weighted by molar-refractivity contribution is -0.119. The molecular formula is C32H40O2. The Labute approximate surface area is 206 Å². The summed E-state index contributed by atoms with van der Waals surface area (Å²) in [5, 5.41) is 0. The van der Waals surface area contributed by atoms with Crippen LogP contribution in [0.15, 0.2) is 71.8 Å². The minimum Gasteiger partial charge on any atom is -0.300 e. The van der Waals surface area contributed by atoms with Gasteiger partial charge >= 0.3 is 0 Å². The normalized spacial score (nSPS) is 15.4. The van der Waals surface area contributed by atoms with Crippen LogP contribution in [0.5, 0.6) is 0 Å². The third-order valence-electron chi connectivity index (χ3n) is 7.06. The van der Waals surface area contributed by atoms with Gasteiger partial charge in [0, 0.05) is 31.6 Å². The zero-order valence-electron chi connectivity index (χ0n) is 21.4. The molecule has 0 saturated carbocycles. The molecule has 0 aliphatic heterocycles. The number of hydrogen-bond acceptors (Lipinski definition) is 2. The van der Waals surface area contributed by atoms with E-state index < -0.39 is 0 Å². The van der Waals surface area contributed by atoms with Gasteiger partial charge in [-0.15, -0.1) is 0 Å². The predicted octanol–water partition coefficient (Wildman–Crippen LogP) is 7.88. The Morgan fingerprint density at radius 1 is 0.735 bits per heavy atom. The molecule has 0 fully saturated rings. The molecule has 0 heterocycles. The quantitative estimate of drug-likeness (QED) is 0.307. The summed E-state index contributed by atoms with van der Waals surface area (Å²) in [7, 11) is 0. The van der Waals surface area contributed by atoms with E-state index in [0.717, 1.165) is 31.2 Å². The van der Waals surface area contributed by atoms with E-state index in [2.05, 4.69) is 76.2 Å². The molecule has 34 heavy (non-hydrogen) atoms. The van der Waals surface area contributed by atoms with Crippen molar-refractivity contribution in [3.8, 4) is 0 Å². The number of aryl methyl sites for hydroxylation is 2. The highest BCUT2D eigenvalue weighted by molar-refractivity contribution is 5.81. The summed E-state index contributed by atoms with van der Waals surface area (Å²) in [5.74, 6) is 1.56. The Morgan fingerprint density at radius 3 is 1.82 bits per heavy atom. The summed E-state index contributed by atoms with van der Waals surface area (Å²) in [6, 6.07) is 16.9. The molecular weight excluding hydrogens is 416 g/mol. The van der Waals surface area contributed by atoms with Crippen LogP contribution in [-0.2, 0) is 22.4 Å². The molecule has 1 atom stereocenters. The molecule has 1 unspecified atom stereocenters. The molecule has 2 aromatic rings. The second-order valence-corrected chi connectivity index (χ2v) is 10.1. The van der Waals surface area contributed by atoms with E-state index >= 15 is 0 Å². The van der Waals surface area contributed by atoms with Crippen LogP contribution in [0.3, 0.4) is 0 Å². The first kappa shape index (κ1) is 25.9. The van der Waals surface area contributed by atoms with E-state index in [1.54, 1.807) is 0 Å². The summed E-state index contributed by atoms with van der Waals surface area (Å²) >= 11 is 0. The summed E-state index contributed by atoms with van der Waals surface area (Å²) < 4.78 is 0. The topological polar surface area (TPSA) is 34.1 Å². The van der Waals surface area contributed by atoms with E-state index in [-0.39, 0.29) is 0 Å². The molecule has 2 aromatic carbocycles. The van der Waals surface area contributed by atoms with Crippen molar-refractivity contribution in [2.75, 3.05) is 0 Å². The molecule has 0 bridgehead atoms. The fraction of sp³-hybridized carbons (Fsp3) is 0.438. The van der Waals surface area contributed by atoms with Gasteiger partial charge in [-0.05, 0) is 55.2 Å². The minimum absolute atomic E-state index is 0.296. The number of hydrogen-bond donors (Lipinski definition) is 0. The van der Waals surface area contributed by atoms with E-state index in [9.17, 15) is 9.59 Å². The van der Waals surface area contributed by atoms with Gasteiger partial charge in [0.1, 0.15) is 11.6 Å². The van der Waals surface area contributed by atoms with Gasteiger partial charge in [-0.25, -0.2) is 0 Å². The fourth-order valence-corrected chi connectivity index (χ4v) is 4.79. The van der Waals surface area contributed by atoms with Gasteiger partial charge in [0.05, 0.1) is 0 Å². The van der Waals surface area contributed by atoms with Crippen molar-refractivity contribution in [3.63, 3.8) is 0 Å².